The molecule has 0 saturated carbocycles. The fourth-order valence-electron chi connectivity index (χ4n) is 10.8. The van der Waals surface area contributed by atoms with Gasteiger partial charge in [-0.25, -0.2) is 0 Å². The first-order valence-corrected chi connectivity index (χ1v) is 26.4. The molecule has 2 fully saturated rings. The standard InChI is InChI=1S/C53H84N4O11S/c1-14-34(6)48(41(67-11)30-44(60)56-27-21-24-39(56)50(68-12)35(7)40(58)29-38(53(65)66)28-37-22-17-15-18-23-37)55(10)52(64)46(32(2)3)36(8)49(62)47(33(4)5)54(9)43(59)25-19-16-20-26-57-45(61)31-42(69-13)51(57)63/h15,17-18,22-23,32-36,38-39,41-42,46-48,50H,14,16,19-21,24-31H2,1-13H3,(H,65,66)/t34-,35-,36?,38+,39-,41+,42?,46+,47-,48-,50+/m0/s1. The van der Waals surface area contributed by atoms with Crippen molar-refractivity contribution in [2.75, 3.05) is 47.7 Å². The molecule has 69 heavy (non-hydrogen) atoms. The Morgan fingerprint density at radius 2 is 1.51 bits per heavy atom. The van der Waals surface area contributed by atoms with Crippen LogP contribution in [0.15, 0.2) is 30.3 Å². The number of benzene rings is 1. The predicted molar refractivity (Wildman–Crippen MR) is 268 cm³/mol. The topological polar surface area (TPSA) is 188 Å². The lowest BCUT2D eigenvalue weighted by Crippen LogP contribution is -2.55. The van der Waals surface area contributed by atoms with Crippen LogP contribution in [0.3, 0.4) is 0 Å². The van der Waals surface area contributed by atoms with E-state index in [9.17, 15) is 43.5 Å². The number of imide groups is 1. The number of carbonyl (C=O) groups excluding carboxylic acids is 7. The van der Waals surface area contributed by atoms with E-state index in [2.05, 4.69) is 0 Å². The number of likely N-dealkylation sites (tertiary alicyclic amines) is 2. The van der Waals surface area contributed by atoms with Gasteiger partial charge in [-0.05, 0) is 61.7 Å². The number of aliphatic carboxylic acids is 1. The van der Waals surface area contributed by atoms with Crippen molar-refractivity contribution in [1.82, 2.24) is 19.6 Å². The van der Waals surface area contributed by atoms with Gasteiger partial charge in [-0.15, -0.1) is 0 Å². The summed E-state index contributed by atoms with van der Waals surface area (Å²) in [6.45, 7) is 15.9. The number of Topliss-reactive ketones (excluding diaryl/α,β-unsaturated/α-hetero) is 2. The molecule has 0 radical (unpaired) electrons. The van der Waals surface area contributed by atoms with Gasteiger partial charge in [0.05, 0.1) is 47.9 Å². The van der Waals surface area contributed by atoms with Gasteiger partial charge in [0, 0.05) is 78.4 Å². The van der Waals surface area contributed by atoms with E-state index >= 15 is 0 Å². The summed E-state index contributed by atoms with van der Waals surface area (Å²) in [5.74, 6) is -6.14. The second kappa shape index (κ2) is 28.0. The van der Waals surface area contributed by atoms with E-state index in [-0.39, 0.29) is 96.2 Å². The van der Waals surface area contributed by atoms with Crippen molar-refractivity contribution < 1.29 is 52.9 Å². The van der Waals surface area contributed by atoms with Crippen LogP contribution in [-0.4, -0.2) is 155 Å². The average Bonchev–Trinajstić information content (AvgIpc) is 3.91. The number of methoxy groups -OCH3 is 2. The molecule has 0 spiro atoms. The van der Waals surface area contributed by atoms with Gasteiger partial charge in [-0.2, -0.15) is 11.8 Å². The summed E-state index contributed by atoms with van der Waals surface area (Å²) in [6, 6.07) is 7.46. The van der Waals surface area contributed by atoms with E-state index in [1.54, 1.807) is 37.7 Å². The Labute approximate surface area is 416 Å². The zero-order chi connectivity index (χ0) is 51.9. The number of hydrogen-bond donors (Lipinski definition) is 1. The molecule has 2 aliphatic rings. The Morgan fingerprint density at radius 3 is 2.04 bits per heavy atom. The van der Waals surface area contributed by atoms with E-state index in [0.29, 0.717) is 51.6 Å². The number of unbranched alkanes of at least 4 members (excludes halogenated alkanes) is 2. The molecule has 15 nitrogen and oxygen atoms in total. The van der Waals surface area contributed by atoms with Crippen molar-refractivity contribution in [3.8, 4) is 0 Å². The highest BCUT2D eigenvalue weighted by molar-refractivity contribution is 8.00. The van der Waals surface area contributed by atoms with Crippen molar-refractivity contribution >= 4 is 58.8 Å². The van der Waals surface area contributed by atoms with Gasteiger partial charge < -0.3 is 29.3 Å². The van der Waals surface area contributed by atoms with E-state index in [4.69, 9.17) is 9.47 Å². The highest BCUT2D eigenvalue weighted by Crippen LogP contribution is 2.34. The van der Waals surface area contributed by atoms with Gasteiger partial charge >= 0.3 is 5.97 Å². The van der Waals surface area contributed by atoms with Crippen LogP contribution in [0.2, 0.25) is 0 Å². The first-order valence-electron chi connectivity index (χ1n) is 25.1. The Morgan fingerprint density at radius 1 is 0.855 bits per heavy atom. The Hall–Kier alpha value is -4.15. The summed E-state index contributed by atoms with van der Waals surface area (Å²) in [4.78, 5) is 115. The number of likely N-dealkylation sites (N-methyl/N-ethyl adjacent to an activating group) is 2. The quantitative estimate of drug-likeness (QED) is 0.0627. The van der Waals surface area contributed by atoms with Crippen molar-refractivity contribution in [1.29, 1.82) is 0 Å². The third-order valence-electron chi connectivity index (χ3n) is 15.0. The summed E-state index contributed by atoms with van der Waals surface area (Å²) < 4.78 is 12.0. The van der Waals surface area contributed by atoms with Crippen molar-refractivity contribution in [2.24, 2.45) is 41.4 Å². The number of carboxylic acids is 1. The normalized spacial score (nSPS) is 20.3. The van der Waals surface area contributed by atoms with E-state index in [1.807, 2.05) is 78.1 Å². The molecule has 2 unspecified atom stereocenters. The van der Waals surface area contributed by atoms with Crippen LogP contribution in [0.25, 0.3) is 0 Å². The van der Waals surface area contributed by atoms with Crippen molar-refractivity contribution in [2.45, 2.75) is 162 Å². The Balaban J connectivity index is 1.73. The van der Waals surface area contributed by atoms with Crippen LogP contribution in [0.4, 0.5) is 0 Å². The monoisotopic (exact) mass is 985 g/mol. The lowest BCUT2D eigenvalue weighted by atomic mass is 9.76. The Bertz CT molecular complexity index is 1900. The SMILES string of the molecule is CC[C@H](C)[C@@H]([C@@H](CC(=O)N1CCC[C@H]1[C@H](OC)[C@@H](C)C(=O)C[C@@H](Cc1ccccc1)C(=O)O)OC)N(C)C(=O)[C@H](C(C)C)C(C)C(=O)[C@H](C(C)C)N(C)C(=O)CCCCCN1C(=O)CC(SC)C1=O. The van der Waals surface area contributed by atoms with Gasteiger partial charge in [0.15, 0.2) is 5.78 Å². The third-order valence-corrected chi connectivity index (χ3v) is 15.9. The van der Waals surface area contributed by atoms with Gasteiger partial charge in [0.2, 0.25) is 29.5 Å². The minimum absolute atomic E-state index is 0.0489. The smallest absolute Gasteiger partial charge is 0.307 e. The minimum Gasteiger partial charge on any atom is -0.481 e. The molecule has 3 rings (SSSR count). The van der Waals surface area contributed by atoms with Crippen LogP contribution in [0.1, 0.15) is 125 Å². The highest BCUT2D eigenvalue weighted by atomic mass is 32.2. The van der Waals surface area contributed by atoms with Crippen LogP contribution >= 0.6 is 11.8 Å². The first-order chi connectivity index (χ1) is 32.6. The number of rotatable bonds is 30. The molecule has 0 aromatic heterocycles. The molecule has 0 bridgehead atoms. The molecule has 2 saturated heterocycles. The largest absolute Gasteiger partial charge is 0.481 e. The maximum absolute atomic E-state index is 14.9. The number of ketones is 2. The minimum atomic E-state index is -1.05. The Kier molecular flexibility index (Phi) is 24.0. The van der Waals surface area contributed by atoms with Crippen LogP contribution in [0, 0.1) is 41.4 Å². The number of carboxylic acid groups (broad SMARTS) is 1. The molecule has 388 valence electrons. The van der Waals surface area contributed by atoms with Crippen LogP contribution in [-0.2, 0) is 54.3 Å². The van der Waals surface area contributed by atoms with E-state index in [1.165, 1.54) is 35.8 Å². The van der Waals surface area contributed by atoms with E-state index < -0.39 is 60.0 Å². The van der Waals surface area contributed by atoms with Gasteiger partial charge in [0.25, 0.3) is 0 Å². The summed E-state index contributed by atoms with van der Waals surface area (Å²) in [5.41, 5.74) is 0.829. The summed E-state index contributed by atoms with van der Waals surface area (Å²) >= 11 is 1.38. The molecular weight excluding hydrogens is 901 g/mol. The zero-order valence-corrected chi connectivity index (χ0v) is 44.6. The second-order valence-electron chi connectivity index (χ2n) is 20.3. The summed E-state index contributed by atoms with van der Waals surface area (Å²) in [7, 11) is 6.39. The lowest BCUT2D eigenvalue weighted by Gasteiger charge is -2.42. The van der Waals surface area contributed by atoms with Crippen LogP contribution < -0.4 is 0 Å². The van der Waals surface area contributed by atoms with Crippen molar-refractivity contribution in [3.63, 3.8) is 0 Å². The number of thioether (sulfide) groups is 1. The highest BCUT2D eigenvalue weighted by Gasteiger charge is 2.45. The molecule has 2 heterocycles. The number of hydrogen-bond acceptors (Lipinski definition) is 11. The maximum atomic E-state index is 14.9. The molecule has 0 aliphatic carbocycles. The molecule has 2 aliphatic heterocycles. The zero-order valence-electron chi connectivity index (χ0n) is 43.8. The average molecular weight is 985 g/mol. The molecule has 5 amide bonds. The number of amides is 5. The molecular formula is C53H84N4O11S. The third kappa shape index (κ3) is 15.4. The molecule has 1 aromatic rings. The fraction of sp³-hybridized carbons (Fsp3) is 0.736. The van der Waals surface area contributed by atoms with E-state index in [0.717, 1.165) is 5.56 Å². The van der Waals surface area contributed by atoms with Gasteiger partial charge in [-0.3, -0.25) is 43.3 Å². The maximum Gasteiger partial charge on any atom is 0.307 e. The van der Waals surface area contributed by atoms with Gasteiger partial charge in [-0.1, -0.05) is 98.6 Å². The summed E-state index contributed by atoms with van der Waals surface area (Å²) in [6.07, 6.45) is 4.58. The predicted octanol–water partition coefficient (Wildman–Crippen LogP) is 6.82. The molecule has 1 aromatic carbocycles. The van der Waals surface area contributed by atoms with Gasteiger partial charge in [0.1, 0.15) is 5.78 Å². The lowest BCUT2D eigenvalue weighted by molar-refractivity contribution is -0.152. The first kappa shape index (κ1) is 59.2. The number of nitrogens with zero attached hydrogens (tertiary/aromatic N) is 4. The molecule has 11 atom stereocenters. The summed E-state index contributed by atoms with van der Waals surface area (Å²) in [5, 5.41) is 9.69. The number of ether oxygens (including phenoxy) is 2. The van der Waals surface area contributed by atoms with Crippen molar-refractivity contribution in [3.05, 3.63) is 35.9 Å². The number of carbonyl (C=O) groups is 8. The fourth-order valence-corrected chi connectivity index (χ4v) is 11.4. The molecule has 16 heteroatoms. The molecule has 1 N–H and O–H groups in total. The second-order valence-corrected chi connectivity index (χ2v) is 21.3. The van der Waals surface area contributed by atoms with Crippen LogP contribution in [0.5, 0.6) is 0 Å².